The number of benzene rings is 1. The van der Waals surface area contributed by atoms with Gasteiger partial charge in [-0.2, -0.15) is 0 Å². The van der Waals surface area contributed by atoms with E-state index < -0.39 is 60.3 Å². The molecule has 2 N–H and O–H groups in total. The number of esters is 2. The van der Waals surface area contributed by atoms with Gasteiger partial charge in [0.1, 0.15) is 12.3 Å². The maximum absolute atomic E-state index is 12.7. The number of anilines is 1. The van der Waals surface area contributed by atoms with E-state index in [1.807, 2.05) is 0 Å². The third-order valence-electron chi connectivity index (χ3n) is 10.2. The van der Waals surface area contributed by atoms with Crippen molar-refractivity contribution >= 4 is 36.8 Å². The summed E-state index contributed by atoms with van der Waals surface area (Å²) in [4.78, 5) is 56.4. The number of hydrogen-bond acceptors (Lipinski definition) is 12. The van der Waals surface area contributed by atoms with Crippen LogP contribution < -0.4 is 5.32 Å². The SMILES string of the molecule is CCCCCCCCCCCCCCCC(=O)OCC(COP(=O)(O)OCCNc1ccc([N+](=O)[O-])cc1[N+](=O)[O-])OC(=O)CCCCCCCCCCCCCCC. The monoisotopic (exact) mass is 858 g/mol. The van der Waals surface area contributed by atoms with Gasteiger partial charge in [-0.3, -0.25) is 38.9 Å². The zero-order valence-corrected chi connectivity index (χ0v) is 37.1. The Hall–Kier alpha value is -3.13. The van der Waals surface area contributed by atoms with Gasteiger partial charge in [0.15, 0.2) is 6.10 Å². The van der Waals surface area contributed by atoms with Gasteiger partial charge in [0.05, 0.1) is 29.1 Å². The molecule has 0 heterocycles. The molecule has 0 spiro atoms. The summed E-state index contributed by atoms with van der Waals surface area (Å²) in [6.07, 6.45) is 29.7. The first kappa shape index (κ1) is 53.9. The largest absolute Gasteiger partial charge is 0.472 e. The molecule has 0 bridgehead atoms. The van der Waals surface area contributed by atoms with Gasteiger partial charge in [-0.1, -0.05) is 168 Å². The summed E-state index contributed by atoms with van der Waals surface area (Å²) in [5.41, 5.74) is -1.06. The minimum absolute atomic E-state index is 0.0472. The van der Waals surface area contributed by atoms with E-state index in [-0.39, 0.29) is 31.7 Å². The van der Waals surface area contributed by atoms with Crippen molar-refractivity contribution in [2.45, 2.75) is 200 Å². The van der Waals surface area contributed by atoms with E-state index >= 15 is 0 Å². The average Bonchev–Trinajstić information content (AvgIpc) is 3.21. The van der Waals surface area contributed by atoms with Crippen LogP contribution in [0, 0.1) is 20.2 Å². The number of phosphoric acid groups is 1. The van der Waals surface area contributed by atoms with Gasteiger partial charge in [-0.05, 0) is 18.9 Å². The molecule has 340 valence electrons. The fraction of sp³-hybridized carbons (Fsp3) is 0.814. The van der Waals surface area contributed by atoms with Crippen LogP contribution in [0.5, 0.6) is 0 Å². The van der Waals surface area contributed by atoms with E-state index in [4.69, 9.17) is 18.5 Å². The molecule has 0 saturated heterocycles. The van der Waals surface area contributed by atoms with Gasteiger partial charge in [0, 0.05) is 25.5 Å². The number of non-ortho nitro benzene ring substituents is 1. The second-order valence-electron chi connectivity index (χ2n) is 15.5. The molecule has 0 saturated carbocycles. The second kappa shape index (κ2) is 35.6. The van der Waals surface area contributed by atoms with Gasteiger partial charge >= 0.3 is 19.8 Å². The Balaban J connectivity index is 2.50. The number of carbonyl (C=O) groups excluding carboxylic acids is 2. The molecule has 0 radical (unpaired) electrons. The molecule has 0 aliphatic heterocycles. The van der Waals surface area contributed by atoms with Crippen molar-refractivity contribution in [3.05, 3.63) is 38.4 Å². The normalized spacial score (nSPS) is 12.8. The fourth-order valence-electron chi connectivity index (χ4n) is 6.69. The molecular weight excluding hydrogens is 781 g/mol. The standard InChI is InChI=1S/C43H76N3O12P/c1-3-5-7-9-11-13-15-17-19-21-23-25-27-29-42(47)55-36-39(58-43(48)30-28-26-24-22-20-18-16-14-12-10-8-6-4-2)37-57-59(53,54)56-34-33-44-40-32-31-38(45(49)50)35-41(40)46(51)52/h31-32,35,39,44H,3-30,33-34,36-37H2,1-2H3,(H,53,54). The number of nitrogens with zero attached hydrogens (tertiary/aromatic N) is 2. The lowest BCUT2D eigenvalue weighted by Gasteiger charge is -2.20. The summed E-state index contributed by atoms with van der Waals surface area (Å²) >= 11 is 0. The molecule has 0 aliphatic rings. The van der Waals surface area contributed by atoms with E-state index in [2.05, 4.69) is 19.2 Å². The number of phosphoric ester groups is 1. The van der Waals surface area contributed by atoms with Crippen LogP contribution in [-0.4, -0.2) is 59.1 Å². The van der Waals surface area contributed by atoms with Crippen LogP contribution in [0.3, 0.4) is 0 Å². The molecule has 1 aromatic rings. The van der Waals surface area contributed by atoms with E-state index in [1.165, 1.54) is 116 Å². The molecule has 0 fully saturated rings. The van der Waals surface area contributed by atoms with Gasteiger partial charge in [-0.15, -0.1) is 0 Å². The van der Waals surface area contributed by atoms with E-state index in [1.54, 1.807) is 0 Å². The van der Waals surface area contributed by atoms with Crippen molar-refractivity contribution < 1.29 is 47.4 Å². The van der Waals surface area contributed by atoms with Crippen molar-refractivity contribution in [2.75, 3.05) is 31.7 Å². The fourth-order valence-corrected chi connectivity index (χ4v) is 7.44. The van der Waals surface area contributed by atoms with Gasteiger partial charge in [0.2, 0.25) is 0 Å². The van der Waals surface area contributed by atoms with Gasteiger partial charge in [-0.25, -0.2) is 4.57 Å². The lowest BCUT2D eigenvalue weighted by molar-refractivity contribution is -0.393. The molecule has 0 aromatic heterocycles. The van der Waals surface area contributed by atoms with Crippen LogP contribution >= 0.6 is 7.82 Å². The van der Waals surface area contributed by atoms with Crippen LogP contribution in [0.25, 0.3) is 0 Å². The molecule has 2 atom stereocenters. The zero-order valence-electron chi connectivity index (χ0n) is 36.2. The predicted octanol–water partition coefficient (Wildman–Crippen LogP) is 12.5. The Morgan fingerprint density at radius 2 is 1.08 bits per heavy atom. The first-order chi connectivity index (χ1) is 28.5. The van der Waals surface area contributed by atoms with Crippen LogP contribution in [0.15, 0.2) is 18.2 Å². The van der Waals surface area contributed by atoms with Crippen LogP contribution in [0.4, 0.5) is 17.1 Å². The molecule has 1 rings (SSSR count). The summed E-state index contributed by atoms with van der Waals surface area (Å²) in [7, 11) is -4.70. The average molecular weight is 858 g/mol. The Kier molecular flexibility index (Phi) is 32.5. The maximum atomic E-state index is 12.7. The van der Waals surface area contributed by atoms with E-state index in [0.717, 1.165) is 56.7 Å². The third kappa shape index (κ3) is 30.5. The third-order valence-corrected chi connectivity index (χ3v) is 11.2. The lowest BCUT2D eigenvalue weighted by Crippen LogP contribution is -2.29. The van der Waals surface area contributed by atoms with Crippen LogP contribution in [-0.2, 0) is 32.7 Å². The Bertz CT molecular complexity index is 1330. The molecular formula is C43H76N3O12P. The minimum Gasteiger partial charge on any atom is -0.462 e. The number of unbranched alkanes of at least 4 members (excludes halogenated alkanes) is 24. The number of ether oxygens (including phenoxy) is 2. The number of nitrogens with one attached hydrogen (secondary N) is 1. The number of nitro benzene ring substituents is 2. The first-order valence-corrected chi connectivity index (χ1v) is 24.1. The lowest BCUT2D eigenvalue weighted by atomic mass is 10.0. The molecule has 2 unspecified atom stereocenters. The van der Waals surface area contributed by atoms with Crippen molar-refractivity contribution in [3.8, 4) is 0 Å². The Morgan fingerprint density at radius 3 is 1.53 bits per heavy atom. The molecule has 16 heteroatoms. The number of rotatable bonds is 41. The summed E-state index contributed by atoms with van der Waals surface area (Å²) in [5, 5.41) is 25.0. The first-order valence-electron chi connectivity index (χ1n) is 22.6. The Morgan fingerprint density at radius 1 is 0.644 bits per heavy atom. The van der Waals surface area contributed by atoms with Crippen molar-refractivity contribution in [1.29, 1.82) is 0 Å². The van der Waals surface area contributed by atoms with E-state index in [9.17, 15) is 39.3 Å². The number of hydrogen-bond donors (Lipinski definition) is 2. The van der Waals surface area contributed by atoms with Gasteiger partial charge in [0.25, 0.3) is 11.4 Å². The Labute approximate surface area is 353 Å². The minimum atomic E-state index is -4.70. The summed E-state index contributed by atoms with van der Waals surface area (Å²) in [6, 6.07) is 3.04. The van der Waals surface area contributed by atoms with Crippen molar-refractivity contribution in [1.82, 2.24) is 0 Å². The highest BCUT2D eigenvalue weighted by Crippen LogP contribution is 2.43. The highest BCUT2D eigenvalue weighted by atomic mass is 31.2. The summed E-state index contributed by atoms with van der Waals surface area (Å²) in [5.74, 6) is -0.989. The topological polar surface area (TPSA) is 207 Å². The summed E-state index contributed by atoms with van der Waals surface area (Å²) in [6.45, 7) is 2.91. The van der Waals surface area contributed by atoms with Crippen molar-refractivity contribution in [2.24, 2.45) is 0 Å². The van der Waals surface area contributed by atoms with Gasteiger partial charge < -0.3 is 19.7 Å². The quantitative estimate of drug-likeness (QED) is 0.0207. The van der Waals surface area contributed by atoms with Crippen LogP contribution in [0.1, 0.15) is 194 Å². The number of nitro groups is 2. The van der Waals surface area contributed by atoms with Crippen molar-refractivity contribution in [3.63, 3.8) is 0 Å². The highest BCUT2D eigenvalue weighted by Gasteiger charge is 2.26. The smallest absolute Gasteiger partial charge is 0.462 e. The molecule has 15 nitrogen and oxygen atoms in total. The molecule has 0 aliphatic carbocycles. The second-order valence-corrected chi connectivity index (χ2v) is 17.0. The molecule has 59 heavy (non-hydrogen) atoms. The number of carbonyl (C=O) groups is 2. The predicted molar refractivity (Wildman–Crippen MR) is 231 cm³/mol. The zero-order chi connectivity index (χ0) is 43.4. The van der Waals surface area contributed by atoms with Crippen LogP contribution in [0.2, 0.25) is 0 Å². The molecule has 0 amide bonds. The maximum Gasteiger partial charge on any atom is 0.472 e. The highest BCUT2D eigenvalue weighted by molar-refractivity contribution is 7.47. The summed E-state index contributed by atoms with van der Waals surface area (Å²) < 4.78 is 33.6. The van der Waals surface area contributed by atoms with E-state index in [0.29, 0.717) is 12.8 Å². The molecule has 1 aromatic carbocycles.